The number of aliphatic hydroxyl groups is 1. The molecular formula is C20H30N2O4. The van der Waals surface area contributed by atoms with Crippen molar-refractivity contribution in [1.82, 2.24) is 10.5 Å². The summed E-state index contributed by atoms with van der Waals surface area (Å²) in [5.41, 5.74) is 2.21. The number of aryl methyl sites for hydroxylation is 2. The van der Waals surface area contributed by atoms with Crippen molar-refractivity contribution in [2.75, 3.05) is 13.7 Å². The predicted molar refractivity (Wildman–Crippen MR) is 101 cm³/mol. The van der Waals surface area contributed by atoms with Crippen LogP contribution in [0, 0.1) is 13.8 Å². The maximum atomic E-state index is 10.3. The van der Waals surface area contributed by atoms with Crippen LogP contribution in [0.5, 0.6) is 11.5 Å². The number of ether oxygens (including phenoxy) is 2. The molecule has 0 amide bonds. The van der Waals surface area contributed by atoms with E-state index < -0.39 is 5.60 Å². The van der Waals surface area contributed by atoms with Gasteiger partial charge in [-0.3, -0.25) is 0 Å². The van der Waals surface area contributed by atoms with Gasteiger partial charge in [-0.1, -0.05) is 25.1 Å². The lowest BCUT2D eigenvalue weighted by molar-refractivity contribution is 0.0323. The van der Waals surface area contributed by atoms with Crippen molar-refractivity contribution in [3.63, 3.8) is 0 Å². The van der Waals surface area contributed by atoms with E-state index in [1.165, 1.54) is 0 Å². The molecule has 0 atom stereocenters. The first kappa shape index (κ1) is 20.3. The van der Waals surface area contributed by atoms with Crippen LogP contribution < -0.4 is 14.8 Å². The van der Waals surface area contributed by atoms with Crippen LogP contribution in [0.3, 0.4) is 0 Å². The first-order valence-electron chi connectivity index (χ1n) is 9.07. The van der Waals surface area contributed by atoms with Crippen LogP contribution in [0.15, 0.2) is 22.7 Å². The molecule has 26 heavy (non-hydrogen) atoms. The summed E-state index contributed by atoms with van der Waals surface area (Å²) in [5, 5.41) is 17.6. The first-order chi connectivity index (χ1) is 12.4. The Balaban J connectivity index is 1.98. The van der Waals surface area contributed by atoms with Crippen LogP contribution in [0.1, 0.15) is 49.3 Å². The standard InChI is InChI=1S/C20H30N2O4/c1-6-20(23,7-2)13-21-11-16-8-9-18(19(10-16)24-5)25-12-17-14(3)22-26-15(17)4/h8-10,21,23H,6-7,11-13H2,1-5H3. The minimum Gasteiger partial charge on any atom is -0.493 e. The van der Waals surface area contributed by atoms with Crippen LogP contribution in [0.2, 0.25) is 0 Å². The summed E-state index contributed by atoms with van der Waals surface area (Å²) in [7, 11) is 1.63. The van der Waals surface area contributed by atoms with E-state index in [0.717, 1.165) is 35.4 Å². The van der Waals surface area contributed by atoms with Gasteiger partial charge in [-0.15, -0.1) is 0 Å². The predicted octanol–water partition coefficient (Wildman–Crippen LogP) is 3.52. The monoisotopic (exact) mass is 362 g/mol. The third kappa shape index (κ3) is 4.99. The summed E-state index contributed by atoms with van der Waals surface area (Å²) < 4.78 is 16.5. The normalized spacial score (nSPS) is 11.6. The molecule has 0 saturated heterocycles. The molecule has 1 aromatic carbocycles. The van der Waals surface area contributed by atoms with Gasteiger partial charge in [-0.25, -0.2) is 0 Å². The topological polar surface area (TPSA) is 76.8 Å². The molecule has 1 heterocycles. The van der Waals surface area contributed by atoms with Crippen LogP contribution in [0.25, 0.3) is 0 Å². The summed E-state index contributed by atoms with van der Waals surface area (Å²) in [6.45, 7) is 9.37. The molecule has 6 heteroatoms. The molecule has 0 bridgehead atoms. The largest absolute Gasteiger partial charge is 0.493 e. The van der Waals surface area contributed by atoms with Gasteiger partial charge in [0, 0.05) is 13.1 Å². The molecule has 0 radical (unpaired) electrons. The molecule has 0 aliphatic heterocycles. The summed E-state index contributed by atoms with van der Waals surface area (Å²) in [5.74, 6) is 2.12. The summed E-state index contributed by atoms with van der Waals surface area (Å²) in [4.78, 5) is 0. The average molecular weight is 362 g/mol. The molecule has 0 unspecified atom stereocenters. The minimum absolute atomic E-state index is 0.384. The van der Waals surface area contributed by atoms with E-state index in [1.54, 1.807) is 7.11 Å². The van der Waals surface area contributed by atoms with E-state index in [-0.39, 0.29) is 0 Å². The van der Waals surface area contributed by atoms with Crippen molar-refractivity contribution in [1.29, 1.82) is 0 Å². The zero-order valence-electron chi connectivity index (χ0n) is 16.4. The number of nitrogens with zero attached hydrogens (tertiary/aromatic N) is 1. The summed E-state index contributed by atoms with van der Waals surface area (Å²) in [6, 6.07) is 5.85. The minimum atomic E-state index is -0.651. The average Bonchev–Trinajstić information content (AvgIpc) is 2.98. The summed E-state index contributed by atoms with van der Waals surface area (Å²) >= 11 is 0. The van der Waals surface area contributed by atoms with Crippen LogP contribution in [0.4, 0.5) is 0 Å². The Morgan fingerprint density at radius 3 is 2.50 bits per heavy atom. The van der Waals surface area contributed by atoms with Crippen molar-refractivity contribution in [2.45, 2.75) is 59.3 Å². The van der Waals surface area contributed by atoms with E-state index in [0.29, 0.717) is 31.2 Å². The van der Waals surface area contributed by atoms with Crippen molar-refractivity contribution < 1.29 is 19.1 Å². The second-order valence-electron chi connectivity index (χ2n) is 6.61. The molecule has 0 saturated carbocycles. The maximum Gasteiger partial charge on any atom is 0.161 e. The molecule has 2 N–H and O–H groups in total. The number of hydrogen-bond acceptors (Lipinski definition) is 6. The molecule has 1 aromatic heterocycles. The number of nitrogens with one attached hydrogen (secondary N) is 1. The quantitative estimate of drug-likeness (QED) is 0.673. The summed E-state index contributed by atoms with van der Waals surface area (Å²) in [6.07, 6.45) is 1.46. The Hall–Kier alpha value is -2.05. The zero-order chi connectivity index (χ0) is 19.2. The highest BCUT2D eigenvalue weighted by atomic mass is 16.5. The smallest absolute Gasteiger partial charge is 0.161 e. The highest BCUT2D eigenvalue weighted by Gasteiger charge is 2.21. The van der Waals surface area contributed by atoms with E-state index in [9.17, 15) is 5.11 Å². The van der Waals surface area contributed by atoms with Crippen molar-refractivity contribution in [3.8, 4) is 11.5 Å². The number of benzene rings is 1. The van der Waals surface area contributed by atoms with Gasteiger partial charge >= 0.3 is 0 Å². The first-order valence-corrected chi connectivity index (χ1v) is 9.07. The van der Waals surface area contributed by atoms with E-state index in [4.69, 9.17) is 14.0 Å². The third-order valence-electron chi connectivity index (χ3n) is 4.88. The number of rotatable bonds is 10. The van der Waals surface area contributed by atoms with Gasteiger partial charge < -0.3 is 24.4 Å². The molecule has 2 aromatic rings. The second kappa shape index (κ2) is 9.05. The van der Waals surface area contributed by atoms with E-state index >= 15 is 0 Å². The molecule has 2 rings (SSSR count). The fraction of sp³-hybridized carbons (Fsp3) is 0.550. The molecule has 0 spiro atoms. The van der Waals surface area contributed by atoms with E-state index in [1.807, 2.05) is 45.9 Å². The zero-order valence-corrected chi connectivity index (χ0v) is 16.4. The number of hydrogen-bond donors (Lipinski definition) is 2. The fourth-order valence-corrected chi connectivity index (χ4v) is 2.74. The van der Waals surface area contributed by atoms with Gasteiger partial charge in [-0.2, -0.15) is 0 Å². The van der Waals surface area contributed by atoms with Gasteiger partial charge in [0.25, 0.3) is 0 Å². The van der Waals surface area contributed by atoms with Gasteiger partial charge in [0.05, 0.1) is 24.0 Å². The molecule has 0 aliphatic rings. The Labute approximate surface area is 155 Å². The molecule has 0 aliphatic carbocycles. The number of methoxy groups -OCH3 is 1. The highest BCUT2D eigenvalue weighted by Crippen LogP contribution is 2.29. The van der Waals surface area contributed by atoms with Crippen molar-refractivity contribution in [3.05, 3.63) is 40.8 Å². The Kier molecular flexibility index (Phi) is 7.06. The lowest BCUT2D eigenvalue weighted by Gasteiger charge is -2.25. The Morgan fingerprint density at radius 2 is 1.92 bits per heavy atom. The Morgan fingerprint density at radius 1 is 1.19 bits per heavy atom. The van der Waals surface area contributed by atoms with Crippen molar-refractivity contribution in [2.24, 2.45) is 0 Å². The highest BCUT2D eigenvalue weighted by molar-refractivity contribution is 5.43. The van der Waals surface area contributed by atoms with Crippen molar-refractivity contribution >= 4 is 0 Å². The van der Waals surface area contributed by atoms with Gasteiger partial charge in [0.15, 0.2) is 11.5 Å². The van der Waals surface area contributed by atoms with Gasteiger partial charge in [0.1, 0.15) is 12.4 Å². The maximum absolute atomic E-state index is 10.3. The third-order valence-corrected chi connectivity index (χ3v) is 4.88. The lowest BCUT2D eigenvalue weighted by atomic mass is 9.97. The van der Waals surface area contributed by atoms with Gasteiger partial charge in [0.2, 0.25) is 0 Å². The molecular weight excluding hydrogens is 332 g/mol. The lowest BCUT2D eigenvalue weighted by Crippen LogP contribution is -2.39. The molecule has 144 valence electrons. The number of aromatic nitrogens is 1. The van der Waals surface area contributed by atoms with Crippen LogP contribution in [-0.2, 0) is 13.2 Å². The molecule has 6 nitrogen and oxygen atoms in total. The van der Waals surface area contributed by atoms with Crippen LogP contribution in [-0.4, -0.2) is 29.5 Å². The van der Waals surface area contributed by atoms with Gasteiger partial charge in [-0.05, 0) is 44.4 Å². The van der Waals surface area contributed by atoms with Crippen LogP contribution >= 0.6 is 0 Å². The second-order valence-corrected chi connectivity index (χ2v) is 6.61. The SMILES string of the molecule is CCC(O)(CC)CNCc1ccc(OCc2c(C)noc2C)c(OC)c1. The van der Waals surface area contributed by atoms with E-state index in [2.05, 4.69) is 10.5 Å². The Bertz CT molecular complexity index is 688. The fourth-order valence-electron chi connectivity index (χ4n) is 2.74. The molecule has 0 fully saturated rings.